The summed E-state index contributed by atoms with van der Waals surface area (Å²) in [6.07, 6.45) is 0. The van der Waals surface area contributed by atoms with E-state index in [-0.39, 0.29) is 37.8 Å². The number of carbonyl (C=O) groups is 1. The quantitative estimate of drug-likeness (QED) is 0.614. The third-order valence-corrected chi connectivity index (χ3v) is 3.75. The van der Waals surface area contributed by atoms with Crippen molar-refractivity contribution in [2.75, 3.05) is 12.4 Å². The number of carbonyl (C=O) groups excluding carboxylic acids is 1. The zero-order valence-corrected chi connectivity index (χ0v) is 13.9. The molecule has 0 radical (unpaired) electrons. The molecule has 0 fully saturated rings. The van der Waals surface area contributed by atoms with Gasteiger partial charge in [0.05, 0.1) is 22.1 Å². The monoisotopic (exact) mass is 374 g/mol. The fourth-order valence-corrected chi connectivity index (χ4v) is 2.65. The van der Waals surface area contributed by atoms with E-state index in [4.69, 9.17) is 39.5 Å². The molecule has 2 rings (SSSR count). The normalized spacial score (nSPS) is 10.3. The van der Waals surface area contributed by atoms with Crippen molar-refractivity contribution in [3.05, 3.63) is 61.1 Å². The average Bonchev–Trinajstić information content (AvgIpc) is 2.48. The molecule has 9 heteroatoms. The molecular weight excluding hydrogens is 367 g/mol. The van der Waals surface area contributed by atoms with Crippen molar-refractivity contribution < 1.29 is 14.5 Å². The van der Waals surface area contributed by atoms with Crippen LogP contribution in [0.25, 0.3) is 0 Å². The van der Waals surface area contributed by atoms with Gasteiger partial charge in [-0.05, 0) is 24.3 Å². The highest BCUT2D eigenvalue weighted by Gasteiger charge is 2.16. The van der Waals surface area contributed by atoms with Crippen molar-refractivity contribution in [3.8, 4) is 5.75 Å². The summed E-state index contributed by atoms with van der Waals surface area (Å²) < 4.78 is 5.00. The molecule has 120 valence electrons. The second-order valence-electron chi connectivity index (χ2n) is 4.35. The Bertz CT molecular complexity index is 773. The summed E-state index contributed by atoms with van der Waals surface area (Å²) in [5.41, 5.74) is 0.0860. The van der Waals surface area contributed by atoms with Gasteiger partial charge in [0.1, 0.15) is 5.02 Å². The highest BCUT2D eigenvalue weighted by Crippen LogP contribution is 2.34. The van der Waals surface area contributed by atoms with Crippen LogP contribution in [0.1, 0.15) is 10.4 Å². The summed E-state index contributed by atoms with van der Waals surface area (Å²) in [5.74, 6) is -0.278. The van der Waals surface area contributed by atoms with Gasteiger partial charge in [0.2, 0.25) is 0 Å². The first-order valence-electron chi connectivity index (χ1n) is 6.11. The van der Waals surface area contributed by atoms with E-state index in [0.29, 0.717) is 0 Å². The van der Waals surface area contributed by atoms with Gasteiger partial charge in [0.15, 0.2) is 5.75 Å². The number of hydrogen-bond acceptors (Lipinski definition) is 4. The van der Waals surface area contributed by atoms with Gasteiger partial charge in [0.25, 0.3) is 11.6 Å². The summed E-state index contributed by atoms with van der Waals surface area (Å²) in [4.78, 5) is 22.4. The number of hydrogen-bond donors (Lipinski definition) is 1. The topological polar surface area (TPSA) is 81.5 Å². The number of nitrogens with one attached hydrogen (secondary N) is 1. The van der Waals surface area contributed by atoms with E-state index >= 15 is 0 Å². The number of rotatable bonds is 4. The van der Waals surface area contributed by atoms with Gasteiger partial charge in [-0.3, -0.25) is 14.9 Å². The van der Waals surface area contributed by atoms with Crippen molar-refractivity contribution in [3.63, 3.8) is 0 Å². The van der Waals surface area contributed by atoms with E-state index < -0.39 is 10.8 Å². The largest absolute Gasteiger partial charge is 0.494 e. The molecule has 0 saturated heterocycles. The lowest BCUT2D eigenvalue weighted by molar-refractivity contribution is -0.384. The van der Waals surface area contributed by atoms with Crippen LogP contribution in [0.2, 0.25) is 15.1 Å². The molecule has 0 atom stereocenters. The molecule has 2 aromatic carbocycles. The van der Waals surface area contributed by atoms with Crippen LogP contribution in [0.15, 0.2) is 30.3 Å². The maximum atomic E-state index is 12.2. The van der Waals surface area contributed by atoms with E-state index in [1.807, 2.05) is 0 Å². The number of anilines is 1. The fourth-order valence-electron chi connectivity index (χ4n) is 1.82. The predicted octanol–water partition coefficient (Wildman–Crippen LogP) is 4.82. The van der Waals surface area contributed by atoms with Crippen molar-refractivity contribution >= 4 is 52.1 Å². The minimum Gasteiger partial charge on any atom is -0.494 e. The zero-order chi connectivity index (χ0) is 17.1. The Labute approximate surface area is 146 Å². The van der Waals surface area contributed by atoms with Crippen LogP contribution < -0.4 is 10.1 Å². The van der Waals surface area contributed by atoms with Gasteiger partial charge in [-0.15, -0.1) is 0 Å². The number of amides is 1. The molecule has 23 heavy (non-hydrogen) atoms. The molecule has 0 heterocycles. The first kappa shape index (κ1) is 17.3. The number of nitro benzene ring substituents is 1. The third-order valence-electron chi connectivity index (χ3n) is 2.87. The van der Waals surface area contributed by atoms with Gasteiger partial charge in [-0.2, -0.15) is 0 Å². The number of benzene rings is 2. The fraction of sp³-hybridized carbons (Fsp3) is 0.0714. The van der Waals surface area contributed by atoms with Gasteiger partial charge < -0.3 is 10.1 Å². The van der Waals surface area contributed by atoms with E-state index in [1.165, 1.54) is 31.4 Å². The Morgan fingerprint density at radius 1 is 1.13 bits per heavy atom. The predicted molar refractivity (Wildman–Crippen MR) is 89.1 cm³/mol. The molecular formula is C14H9Cl3N2O4. The molecule has 6 nitrogen and oxygen atoms in total. The van der Waals surface area contributed by atoms with Crippen molar-refractivity contribution in [1.29, 1.82) is 0 Å². The van der Waals surface area contributed by atoms with Gasteiger partial charge >= 0.3 is 0 Å². The van der Waals surface area contributed by atoms with Crippen LogP contribution in [0.3, 0.4) is 0 Å². The Morgan fingerprint density at radius 3 is 2.26 bits per heavy atom. The van der Waals surface area contributed by atoms with Crippen LogP contribution in [0.5, 0.6) is 5.75 Å². The van der Waals surface area contributed by atoms with E-state index in [9.17, 15) is 14.9 Å². The Hall–Kier alpha value is -2.02. The van der Waals surface area contributed by atoms with Crippen LogP contribution in [-0.4, -0.2) is 17.9 Å². The molecule has 0 spiro atoms. The molecule has 1 amide bonds. The Morgan fingerprint density at radius 2 is 1.74 bits per heavy atom. The lowest BCUT2D eigenvalue weighted by Crippen LogP contribution is -2.12. The molecule has 0 aliphatic heterocycles. The number of nitrogens with zero attached hydrogens (tertiary/aromatic N) is 1. The molecule has 0 aliphatic rings. The first-order chi connectivity index (χ1) is 10.8. The number of halogens is 3. The minimum absolute atomic E-state index is 0.0245. The maximum Gasteiger partial charge on any atom is 0.289 e. The zero-order valence-electron chi connectivity index (χ0n) is 11.6. The summed E-state index contributed by atoms with van der Waals surface area (Å²) in [5, 5.41) is 13.7. The molecule has 0 aliphatic carbocycles. The summed E-state index contributed by atoms with van der Waals surface area (Å²) >= 11 is 17.7. The van der Waals surface area contributed by atoms with Crippen molar-refractivity contribution in [1.82, 2.24) is 0 Å². The van der Waals surface area contributed by atoms with Crippen molar-refractivity contribution in [2.45, 2.75) is 0 Å². The van der Waals surface area contributed by atoms with E-state index in [2.05, 4.69) is 5.32 Å². The van der Waals surface area contributed by atoms with Crippen LogP contribution in [0.4, 0.5) is 11.4 Å². The van der Waals surface area contributed by atoms with Crippen LogP contribution >= 0.6 is 34.8 Å². The number of methoxy groups -OCH3 is 1. The van der Waals surface area contributed by atoms with E-state index in [0.717, 1.165) is 6.07 Å². The highest BCUT2D eigenvalue weighted by molar-refractivity contribution is 6.38. The second kappa shape index (κ2) is 7.04. The summed E-state index contributed by atoms with van der Waals surface area (Å²) in [6, 6.07) is 6.69. The standard InChI is InChI=1S/C14H9Cl3N2O4/c1-23-13-10(16)4-7(5-11(13)17)14(20)18-8-2-3-9(15)12(6-8)19(21)22/h2-6H,1H3,(H,18,20). The third kappa shape index (κ3) is 3.85. The lowest BCUT2D eigenvalue weighted by Gasteiger charge is -2.09. The Kier molecular flexibility index (Phi) is 5.30. The SMILES string of the molecule is COc1c(Cl)cc(C(=O)Nc2ccc(Cl)c([N+](=O)[O-])c2)cc1Cl. The molecule has 0 unspecified atom stereocenters. The Balaban J connectivity index is 2.29. The van der Waals surface area contributed by atoms with Crippen molar-refractivity contribution in [2.24, 2.45) is 0 Å². The van der Waals surface area contributed by atoms with Crippen LogP contribution in [-0.2, 0) is 0 Å². The first-order valence-corrected chi connectivity index (χ1v) is 7.25. The van der Waals surface area contributed by atoms with Gasteiger partial charge in [-0.25, -0.2) is 0 Å². The van der Waals surface area contributed by atoms with Gasteiger partial charge in [-0.1, -0.05) is 34.8 Å². The average molecular weight is 376 g/mol. The molecule has 0 aromatic heterocycles. The van der Waals surface area contributed by atoms with E-state index in [1.54, 1.807) is 0 Å². The van der Waals surface area contributed by atoms with Gasteiger partial charge in [0, 0.05) is 17.3 Å². The lowest BCUT2D eigenvalue weighted by atomic mass is 10.2. The second-order valence-corrected chi connectivity index (χ2v) is 5.57. The molecule has 1 N–H and O–H groups in total. The number of ether oxygens (including phenoxy) is 1. The smallest absolute Gasteiger partial charge is 0.289 e. The summed E-state index contributed by atoms with van der Waals surface area (Å²) in [7, 11) is 1.40. The highest BCUT2D eigenvalue weighted by atomic mass is 35.5. The molecule has 2 aromatic rings. The summed E-state index contributed by atoms with van der Waals surface area (Å²) in [6.45, 7) is 0. The molecule has 0 bridgehead atoms. The molecule has 0 saturated carbocycles. The number of nitro groups is 1. The van der Waals surface area contributed by atoms with Crippen LogP contribution in [0, 0.1) is 10.1 Å². The minimum atomic E-state index is -0.640. The maximum absolute atomic E-state index is 12.2.